The number of rotatable bonds is 1. The summed E-state index contributed by atoms with van der Waals surface area (Å²) in [6.07, 6.45) is 2.38. The minimum atomic E-state index is 0.147. The van der Waals surface area contributed by atoms with Crippen LogP contribution in [0, 0.1) is 6.92 Å². The zero-order valence-electron chi connectivity index (χ0n) is 7.58. The van der Waals surface area contributed by atoms with Gasteiger partial charge >= 0.3 is 0 Å². The summed E-state index contributed by atoms with van der Waals surface area (Å²) in [4.78, 5) is 15.2. The van der Waals surface area contributed by atoms with Gasteiger partial charge in [-0.3, -0.25) is 9.78 Å². The predicted octanol–water partition coefficient (Wildman–Crippen LogP) is 0.994. The molecule has 1 aromatic rings. The van der Waals surface area contributed by atoms with Gasteiger partial charge in [0.15, 0.2) is 0 Å². The van der Waals surface area contributed by atoms with Gasteiger partial charge in [0.2, 0.25) is 5.91 Å². The van der Waals surface area contributed by atoms with Crippen LogP contribution in [0.1, 0.15) is 23.6 Å². The van der Waals surface area contributed by atoms with Gasteiger partial charge in [0, 0.05) is 30.8 Å². The van der Waals surface area contributed by atoms with Gasteiger partial charge in [0.25, 0.3) is 0 Å². The summed E-state index contributed by atoms with van der Waals surface area (Å²) >= 11 is 0. The van der Waals surface area contributed by atoms with Crippen LogP contribution in [-0.2, 0) is 4.79 Å². The molecule has 1 aliphatic heterocycles. The van der Waals surface area contributed by atoms with Crippen LogP contribution in [-0.4, -0.2) is 17.4 Å². The van der Waals surface area contributed by atoms with Crippen LogP contribution >= 0.6 is 0 Å². The van der Waals surface area contributed by atoms with Crippen LogP contribution < -0.4 is 5.32 Å². The molecule has 1 unspecified atom stereocenters. The molecule has 3 nitrogen and oxygen atoms in total. The molecule has 68 valence electrons. The molecule has 1 N–H and O–H groups in total. The Morgan fingerprint density at radius 1 is 1.62 bits per heavy atom. The molecule has 0 aliphatic carbocycles. The van der Waals surface area contributed by atoms with E-state index in [0.717, 1.165) is 12.2 Å². The molecule has 0 saturated carbocycles. The minimum absolute atomic E-state index is 0.147. The second-order valence-electron chi connectivity index (χ2n) is 3.38. The zero-order valence-corrected chi connectivity index (χ0v) is 7.58. The van der Waals surface area contributed by atoms with Crippen molar-refractivity contribution in [3.63, 3.8) is 0 Å². The average molecular weight is 176 g/mol. The maximum atomic E-state index is 11.0. The summed E-state index contributed by atoms with van der Waals surface area (Å²) < 4.78 is 0. The second kappa shape index (κ2) is 3.17. The lowest BCUT2D eigenvalue weighted by atomic mass is 9.97. The molecule has 1 saturated heterocycles. The SMILES string of the molecule is Cc1ncccc1C1CNC(=O)C1. The third kappa shape index (κ3) is 1.54. The van der Waals surface area contributed by atoms with Crippen LogP contribution in [0.25, 0.3) is 0 Å². The van der Waals surface area contributed by atoms with E-state index in [1.54, 1.807) is 6.20 Å². The third-order valence-electron chi connectivity index (χ3n) is 2.47. The first-order valence-electron chi connectivity index (χ1n) is 4.45. The molecule has 2 heterocycles. The molecule has 2 rings (SSSR count). The lowest BCUT2D eigenvalue weighted by Crippen LogP contribution is -2.13. The lowest BCUT2D eigenvalue weighted by Gasteiger charge is -2.09. The maximum Gasteiger partial charge on any atom is 0.220 e. The molecule has 0 spiro atoms. The van der Waals surface area contributed by atoms with Crippen LogP contribution in [0.3, 0.4) is 0 Å². The van der Waals surface area contributed by atoms with E-state index in [-0.39, 0.29) is 5.91 Å². The van der Waals surface area contributed by atoms with E-state index in [2.05, 4.69) is 10.3 Å². The van der Waals surface area contributed by atoms with Crippen molar-refractivity contribution in [3.8, 4) is 0 Å². The van der Waals surface area contributed by atoms with Crippen molar-refractivity contribution in [1.82, 2.24) is 10.3 Å². The van der Waals surface area contributed by atoms with Crippen molar-refractivity contribution in [2.24, 2.45) is 0 Å². The van der Waals surface area contributed by atoms with Gasteiger partial charge in [0.05, 0.1) is 0 Å². The van der Waals surface area contributed by atoms with Crippen molar-refractivity contribution in [2.45, 2.75) is 19.3 Å². The number of nitrogens with one attached hydrogen (secondary N) is 1. The smallest absolute Gasteiger partial charge is 0.220 e. The summed E-state index contributed by atoms with van der Waals surface area (Å²) in [5.41, 5.74) is 2.23. The highest BCUT2D eigenvalue weighted by molar-refractivity contribution is 5.79. The van der Waals surface area contributed by atoms with E-state index < -0.39 is 0 Å². The first-order chi connectivity index (χ1) is 6.27. The second-order valence-corrected chi connectivity index (χ2v) is 3.38. The van der Waals surface area contributed by atoms with Crippen LogP contribution in [0.5, 0.6) is 0 Å². The largest absolute Gasteiger partial charge is 0.355 e. The fraction of sp³-hybridized carbons (Fsp3) is 0.400. The standard InChI is InChI=1S/C10H12N2O/c1-7-9(3-2-4-11-7)8-5-10(13)12-6-8/h2-4,8H,5-6H2,1H3,(H,12,13). The van der Waals surface area contributed by atoms with Gasteiger partial charge in [-0.25, -0.2) is 0 Å². The summed E-state index contributed by atoms with van der Waals surface area (Å²) in [6.45, 7) is 2.74. The van der Waals surface area contributed by atoms with Crippen molar-refractivity contribution in [3.05, 3.63) is 29.6 Å². The first-order valence-corrected chi connectivity index (χ1v) is 4.45. The number of aryl methyl sites for hydroxylation is 1. The normalized spacial score (nSPS) is 21.6. The fourth-order valence-corrected chi connectivity index (χ4v) is 1.75. The van der Waals surface area contributed by atoms with E-state index in [1.165, 1.54) is 5.56 Å². The Bertz CT molecular complexity index is 335. The van der Waals surface area contributed by atoms with Crippen molar-refractivity contribution >= 4 is 5.91 Å². The molecular formula is C10H12N2O. The number of hydrogen-bond donors (Lipinski definition) is 1. The zero-order chi connectivity index (χ0) is 9.26. The summed E-state index contributed by atoms with van der Waals surface area (Å²) in [6, 6.07) is 3.97. The van der Waals surface area contributed by atoms with Crippen LogP contribution in [0.4, 0.5) is 0 Å². The van der Waals surface area contributed by atoms with E-state index in [4.69, 9.17) is 0 Å². The summed E-state index contributed by atoms with van der Waals surface area (Å²) in [5, 5.41) is 2.83. The summed E-state index contributed by atoms with van der Waals surface area (Å²) in [7, 11) is 0. The maximum absolute atomic E-state index is 11.0. The Hall–Kier alpha value is -1.38. The highest BCUT2D eigenvalue weighted by atomic mass is 16.1. The van der Waals surface area contributed by atoms with Crippen molar-refractivity contribution in [2.75, 3.05) is 6.54 Å². The van der Waals surface area contributed by atoms with Gasteiger partial charge in [-0.05, 0) is 18.6 Å². The topological polar surface area (TPSA) is 42.0 Å². The molecule has 0 aromatic carbocycles. The molecule has 1 atom stereocenters. The van der Waals surface area contributed by atoms with Crippen molar-refractivity contribution < 1.29 is 4.79 Å². The van der Waals surface area contributed by atoms with E-state index in [0.29, 0.717) is 12.3 Å². The minimum Gasteiger partial charge on any atom is -0.355 e. The molecular weight excluding hydrogens is 164 g/mol. The number of nitrogens with zero attached hydrogens (tertiary/aromatic N) is 1. The number of hydrogen-bond acceptors (Lipinski definition) is 2. The molecule has 1 aliphatic rings. The molecule has 1 aromatic heterocycles. The molecule has 1 fully saturated rings. The molecule has 13 heavy (non-hydrogen) atoms. The summed E-state index contributed by atoms with van der Waals surface area (Å²) in [5.74, 6) is 0.467. The number of amides is 1. The molecule has 1 amide bonds. The quantitative estimate of drug-likeness (QED) is 0.693. The monoisotopic (exact) mass is 176 g/mol. The van der Waals surface area contributed by atoms with Crippen LogP contribution in [0.15, 0.2) is 18.3 Å². The first kappa shape index (κ1) is 8.23. The van der Waals surface area contributed by atoms with E-state index >= 15 is 0 Å². The number of aromatic nitrogens is 1. The molecule has 3 heteroatoms. The Balaban J connectivity index is 2.26. The van der Waals surface area contributed by atoms with Gasteiger partial charge in [-0.15, -0.1) is 0 Å². The predicted molar refractivity (Wildman–Crippen MR) is 49.3 cm³/mol. The number of pyridine rings is 1. The fourth-order valence-electron chi connectivity index (χ4n) is 1.75. The van der Waals surface area contributed by atoms with Gasteiger partial charge in [0.1, 0.15) is 0 Å². The Morgan fingerprint density at radius 3 is 3.08 bits per heavy atom. The molecule has 0 radical (unpaired) electrons. The average Bonchev–Trinajstić information content (AvgIpc) is 2.53. The molecule has 0 bridgehead atoms. The number of carbonyl (C=O) groups is 1. The van der Waals surface area contributed by atoms with Crippen molar-refractivity contribution in [1.29, 1.82) is 0 Å². The Morgan fingerprint density at radius 2 is 2.46 bits per heavy atom. The van der Waals surface area contributed by atoms with Gasteiger partial charge in [-0.2, -0.15) is 0 Å². The van der Waals surface area contributed by atoms with Gasteiger partial charge < -0.3 is 5.32 Å². The number of carbonyl (C=O) groups excluding carboxylic acids is 1. The van der Waals surface area contributed by atoms with Gasteiger partial charge in [-0.1, -0.05) is 6.07 Å². The Labute approximate surface area is 77.2 Å². The van der Waals surface area contributed by atoms with E-state index in [1.807, 2.05) is 19.1 Å². The highest BCUT2D eigenvalue weighted by Crippen LogP contribution is 2.24. The third-order valence-corrected chi connectivity index (χ3v) is 2.47. The Kier molecular flexibility index (Phi) is 2.00. The highest BCUT2D eigenvalue weighted by Gasteiger charge is 2.24. The van der Waals surface area contributed by atoms with E-state index in [9.17, 15) is 4.79 Å². The van der Waals surface area contributed by atoms with Crippen LogP contribution in [0.2, 0.25) is 0 Å². The lowest BCUT2D eigenvalue weighted by molar-refractivity contribution is -0.119.